The third-order valence-corrected chi connectivity index (χ3v) is 3.06. The monoisotopic (exact) mass is 275 g/mol. The summed E-state index contributed by atoms with van der Waals surface area (Å²) < 4.78 is 10.1. The molecule has 0 unspecified atom stereocenters. The molecule has 5 heteroatoms. The lowest BCUT2D eigenvalue weighted by Gasteiger charge is -2.18. The maximum Gasteiger partial charge on any atom is 0.328 e. The molecule has 0 aliphatic carbocycles. The molecule has 0 aliphatic rings. The van der Waals surface area contributed by atoms with E-state index in [1.165, 1.54) is 7.11 Å². The first-order valence-corrected chi connectivity index (χ1v) is 6.40. The van der Waals surface area contributed by atoms with E-state index in [2.05, 4.69) is 10.1 Å². The van der Waals surface area contributed by atoms with Gasteiger partial charge in [0.25, 0.3) is 5.91 Å². The second-order valence-corrected chi connectivity index (χ2v) is 4.87. The quantitative estimate of drug-likeness (QED) is 0.870. The number of nitrogens with one attached hydrogen (secondary N) is 1. The van der Waals surface area contributed by atoms with Crippen molar-refractivity contribution >= 4 is 22.8 Å². The Balaban J connectivity index is 2.20. The third-order valence-electron chi connectivity index (χ3n) is 3.06. The molecule has 0 radical (unpaired) electrons. The second-order valence-electron chi connectivity index (χ2n) is 4.87. The minimum Gasteiger partial charge on any atom is -0.467 e. The summed E-state index contributed by atoms with van der Waals surface area (Å²) in [5, 5.41) is 3.48. The molecule has 1 amide bonds. The zero-order chi connectivity index (χ0) is 14.7. The zero-order valence-corrected chi connectivity index (χ0v) is 11.7. The fourth-order valence-electron chi connectivity index (χ4n) is 1.93. The van der Waals surface area contributed by atoms with Crippen LogP contribution in [0.15, 0.2) is 34.7 Å². The van der Waals surface area contributed by atoms with Crippen molar-refractivity contribution in [3.05, 3.63) is 36.1 Å². The number of para-hydroxylation sites is 1. The van der Waals surface area contributed by atoms with E-state index in [1.54, 1.807) is 12.1 Å². The number of rotatable bonds is 4. The summed E-state index contributed by atoms with van der Waals surface area (Å²) in [6.07, 6.45) is 0. The van der Waals surface area contributed by atoms with Gasteiger partial charge in [0.2, 0.25) is 0 Å². The molecule has 0 saturated heterocycles. The molecular weight excluding hydrogens is 258 g/mol. The lowest BCUT2D eigenvalue weighted by Crippen LogP contribution is -2.44. The lowest BCUT2D eigenvalue weighted by atomic mass is 10.0. The van der Waals surface area contributed by atoms with Gasteiger partial charge in [-0.2, -0.15) is 0 Å². The lowest BCUT2D eigenvalue weighted by molar-refractivity contribution is -0.144. The molecule has 2 aromatic rings. The summed E-state index contributed by atoms with van der Waals surface area (Å²) in [4.78, 5) is 23.8. The van der Waals surface area contributed by atoms with Crippen LogP contribution in [0.4, 0.5) is 0 Å². The summed E-state index contributed by atoms with van der Waals surface area (Å²) in [6.45, 7) is 3.67. The molecule has 0 bridgehead atoms. The number of esters is 1. The van der Waals surface area contributed by atoms with Crippen LogP contribution in [0.5, 0.6) is 0 Å². The summed E-state index contributed by atoms with van der Waals surface area (Å²) in [5.74, 6) is -0.786. The van der Waals surface area contributed by atoms with Crippen molar-refractivity contribution < 1.29 is 18.7 Å². The normalized spacial score (nSPS) is 12.4. The summed E-state index contributed by atoms with van der Waals surface area (Å²) in [7, 11) is 1.30. The molecule has 0 spiro atoms. The van der Waals surface area contributed by atoms with E-state index in [-0.39, 0.29) is 11.7 Å². The van der Waals surface area contributed by atoms with Crippen LogP contribution in [-0.2, 0) is 9.53 Å². The van der Waals surface area contributed by atoms with E-state index in [9.17, 15) is 9.59 Å². The number of hydrogen-bond donors (Lipinski definition) is 1. The van der Waals surface area contributed by atoms with Crippen molar-refractivity contribution in [3.63, 3.8) is 0 Å². The molecule has 2 rings (SSSR count). The minimum atomic E-state index is -0.694. The highest BCUT2D eigenvalue weighted by molar-refractivity contribution is 5.98. The van der Waals surface area contributed by atoms with Gasteiger partial charge in [0.1, 0.15) is 11.6 Å². The van der Waals surface area contributed by atoms with Gasteiger partial charge in [-0.1, -0.05) is 32.0 Å². The number of ether oxygens (including phenoxy) is 1. The van der Waals surface area contributed by atoms with Gasteiger partial charge in [-0.3, -0.25) is 4.79 Å². The van der Waals surface area contributed by atoms with Crippen molar-refractivity contribution in [3.8, 4) is 0 Å². The molecule has 20 heavy (non-hydrogen) atoms. The predicted octanol–water partition coefficient (Wildman–Crippen LogP) is 2.36. The first-order chi connectivity index (χ1) is 9.52. The van der Waals surface area contributed by atoms with Crippen LogP contribution in [0, 0.1) is 5.92 Å². The van der Waals surface area contributed by atoms with Gasteiger partial charge in [0.15, 0.2) is 5.76 Å². The van der Waals surface area contributed by atoms with Gasteiger partial charge >= 0.3 is 5.97 Å². The maximum absolute atomic E-state index is 12.1. The van der Waals surface area contributed by atoms with Crippen LogP contribution >= 0.6 is 0 Å². The van der Waals surface area contributed by atoms with Crippen LogP contribution in [0.3, 0.4) is 0 Å². The molecule has 1 heterocycles. The number of amides is 1. The predicted molar refractivity (Wildman–Crippen MR) is 74.3 cm³/mol. The zero-order valence-electron chi connectivity index (χ0n) is 11.7. The number of carbonyl (C=O) groups is 2. The van der Waals surface area contributed by atoms with Gasteiger partial charge in [-0.25, -0.2) is 4.79 Å². The largest absolute Gasteiger partial charge is 0.467 e. The highest BCUT2D eigenvalue weighted by atomic mass is 16.5. The number of carbonyl (C=O) groups excluding carboxylic acids is 2. The van der Waals surface area contributed by atoms with Crippen molar-refractivity contribution in [2.75, 3.05) is 7.11 Å². The van der Waals surface area contributed by atoms with Crippen molar-refractivity contribution in [2.45, 2.75) is 19.9 Å². The molecule has 0 saturated carbocycles. The Morgan fingerprint density at radius 2 is 1.95 bits per heavy atom. The number of furan rings is 1. The molecule has 0 fully saturated rings. The Labute approximate surface area is 116 Å². The second kappa shape index (κ2) is 5.77. The van der Waals surface area contributed by atoms with Gasteiger partial charge in [0, 0.05) is 5.39 Å². The van der Waals surface area contributed by atoms with Crippen LogP contribution in [0.25, 0.3) is 11.0 Å². The Bertz CT molecular complexity index is 597. The Kier molecular flexibility index (Phi) is 4.08. The number of benzene rings is 1. The van der Waals surface area contributed by atoms with Gasteiger partial charge < -0.3 is 14.5 Å². The van der Waals surface area contributed by atoms with E-state index >= 15 is 0 Å². The molecule has 0 aliphatic heterocycles. The van der Waals surface area contributed by atoms with E-state index < -0.39 is 17.9 Å². The summed E-state index contributed by atoms with van der Waals surface area (Å²) in [5.41, 5.74) is 0.636. The van der Waals surface area contributed by atoms with E-state index in [4.69, 9.17) is 4.42 Å². The molecule has 1 aromatic carbocycles. The van der Waals surface area contributed by atoms with Crippen molar-refractivity contribution in [2.24, 2.45) is 5.92 Å². The molecule has 106 valence electrons. The smallest absolute Gasteiger partial charge is 0.328 e. The Hall–Kier alpha value is -2.30. The average Bonchev–Trinajstić information content (AvgIpc) is 2.87. The van der Waals surface area contributed by atoms with Crippen LogP contribution < -0.4 is 5.32 Å². The highest BCUT2D eigenvalue weighted by Crippen LogP contribution is 2.19. The van der Waals surface area contributed by atoms with Crippen LogP contribution in [-0.4, -0.2) is 25.0 Å². The van der Waals surface area contributed by atoms with Crippen LogP contribution in [0.1, 0.15) is 24.4 Å². The molecule has 5 nitrogen and oxygen atoms in total. The van der Waals surface area contributed by atoms with Gasteiger partial charge in [0.05, 0.1) is 7.11 Å². The first-order valence-electron chi connectivity index (χ1n) is 6.40. The van der Waals surface area contributed by atoms with E-state index in [0.29, 0.717) is 5.58 Å². The standard InChI is InChI=1S/C15H17NO4/c1-9(2)13(15(18)19-3)16-14(17)12-8-10-6-4-5-7-11(10)20-12/h4-9,13H,1-3H3,(H,16,17)/t13-/m1/s1. The molecule has 1 aromatic heterocycles. The summed E-state index contributed by atoms with van der Waals surface area (Å²) >= 11 is 0. The maximum atomic E-state index is 12.1. The summed E-state index contributed by atoms with van der Waals surface area (Å²) in [6, 6.07) is 8.30. The fourth-order valence-corrected chi connectivity index (χ4v) is 1.93. The van der Waals surface area contributed by atoms with Crippen LogP contribution in [0.2, 0.25) is 0 Å². The number of hydrogen-bond acceptors (Lipinski definition) is 4. The van der Waals surface area contributed by atoms with Crippen molar-refractivity contribution in [1.82, 2.24) is 5.32 Å². The molecular formula is C15H17NO4. The minimum absolute atomic E-state index is 0.0734. The van der Waals surface area contributed by atoms with Gasteiger partial charge in [-0.15, -0.1) is 0 Å². The number of methoxy groups -OCH3 is 1. The SMILES string of the molecule is COC(=O)[C@H](NC(=O)c1cc2ccccc2o1)C(C)C. The van der Waals surface area contributed by atoms with Gasteiger partial charge in [-0.05, 0) is 18.1 Å². The Morgan fingerprint density at radius 3 is 2.55 bits per heavy atom. The topological polar surface area (TPSA) is 68.5 Å². The highest BCUT2D eigenvalue weighted by Gasteiger charge is 2.26. The van der Waals surface area contributed by atoms with E-state index in [0.717, 1.165) is 5.39 Å². The Morgan fingerprint density at radius 1 is 1.25 bits per heavy atom. The van der Waals surface area contributed by atoms with Crippen molar-refractivity contribution in [1.29, 1.82) is 0 Å². The van der Waals surface area contributed by atoms with E-state index in [1.807, 2.05) is 32.0 Å². The average molecular weight is 275 g/mol. The molecule has 1 atom stereocenters. The molecule has 1 N–H and O–H groups in total. The number of fused-ring (bicyclic) bond motifs is 1. The third kappa shape index (κ3) is 2.82. The fraction of sp³-hybridized carbons (Fsp3) is 0.333. The first kappa shape index (κ1) is 14.1.